The second-order valence-corrected chi connectivity index (χ2v) is 5.33. The van der Waals surface area contributed by atoms with Gasteiger partial charge in [-0.25, -0.2) is 0 Å². The van der Waals surface area contributed by atoms with Gasteiger partial charge in [0, 0.05) is 22.7 Å². The van der Waals surface area contributed by atoms with Crippen molar-refractivity contribution in [2.75, 3.05) is 5.73 Å². The summed E-state index contributed by atoms with van der Waals surface area (Å²) in [6.45, 7) is 1.96. The molecule has 2 N–H and O–H groups in total. The molecule has 0 spiro atoms. The Balaban J connectivity index is 1.86. The molecule has 3 rings (SSSR count). The summed E-state index contributed by atoms with van der Waals surface area (Å²) in [7, 11) is 0. The summed E-state index contributed by atoms with van der Waals surface area (Å²) in [4.78, 5) is 4.43. The maximum atomic E-state index is 5.97. The number of hydrogen-bond acceptors (Lipinski definition) is 4. The fourth-order valence-corrected chi connectivity index (χ4v) is 2.40. The van der Waals surface area contributed by atoms with Gasteiger partial charge in [-0.2, -0.15) is 4.98 Å². The van der Waals surface area contributed by atoms with Gasteiger partial charge < -0.3 is 10.3 Å². The topological polar surface area (TPSA) is 64.9 Å². The molecule has 0 fully saturated rings. The fourth-order valence-electron chi connectivity index (χ4n) is 2.19. The van der Waals surface area contributed by atoms with Crippen molar-refractivity contribution in [2.24, 2.45) is 0 Å². The van der Waals surface area contributed by atoms with E-state index in [2.05, 4.69) is 10.1 Å². The second kappa shape index (κ2) is 5.58. The fraction of sp³-hybridized carbons (Fsp3) is 0.125. The average Bonchev–Trinajstić information content (AvgIpc) is 2.87. The molecule has 4 nitrogen and oxygen atoms in total. The first-order valence-corrected chi connectivity index (χ1v) is 6.93. The molecule has 0 aliphatic rings. The first-order valence-electron chi connectivity index (χ1n) is 6.55. The van der Waals surface area contributed by atoms with E-state index >= 15 is 0 Å². The molecule has 5 heteroatoms. The normalized spacial score (nSPS) is 10.8. The van der Waals surface area contributed by atoms with E-state index in [0.717, 1.165) is 22.4 Å². The van der Waals surface area contributed by atoms with Gasteiger partial charge >= 0.3 is 0 Å². The van der Waals surface area contributed by atoms with E-state index in [1.807, 2.05) is 49.4 Å². The highest BCUT2D eigenvalue weighted by Gasteiger charge is 2.11. The predicted molar refractivity (Wildman–Crippen MR) is 83.1 cm³/mol. The maximum Gasteiger partial charge on any atom is 0.258 e. The molecule has 0 bridgehead atoms. The molecule has 1 heterocycles. The Morgan fingerprint density at radius 2 is 2.05 bits per heavy atom. The van der Waals surface area contributed by atoms with Crippen molar-refractivity contribution in [3.63, 3.8) is 0 Å². The molecule has 21 heavy (non-hydrogen) atoms. The van der Waals surface area contributed by atoms with Crippen LogP contribution in [0.5, 0.6) is 0 Å². The highest BCUT2D eigenvalue weighted by atomic mass is 35.5. The van der Waals surface area contributed by atoms with Gasteiger partial charge in [0.2, 0.25) is 0 Å². The number of hydrogen-bond donors (Lipinski definition) is 1. The number of benzene rings is 2. The predicted octanol–water partition coefficient (Wildman–Crippen LogP) is 3.87. The number of halogens is 1. The molecule has 3 aromatic rings. The number of aryl methyl sites for hydroxylation is 1. The zero-order chi connectivity index (χ0) is 14.8. The Kier molecular flexibility index (Phi) is 3.62. The number of aromatic nitrogens is 2. The van der Waals surface area contributed by atoms with Crippen LogP contribution in [0.4, 0.5) is 5.69 Å². The molecule has 106 valence electrons. The monoisotopic (exact) mass is 299 g/mol. The molecular weight excluding hydrogens is 286 g/mol. The largest absolute Gasteiger partial charge is 0.399 e. The van der Waals surface area contributed by atoms with Crippen LogP contribution in [0.25, 0.3) is 11.5 Å². The molecule has 0 aliphatic carbocycles. The van der Waals surface area contributed by atoms with E-state index in [9.17, 15) is 0 Å². The Labute approximate surface area is 127 Å². The quantitative estimate of drug-likeness (QED) is 0.746. The third-order valence-electron chi connectivity index (χ3n) is 3.20. The lowest BCUT2D eigenvalue weighted by Gasteiger charge is -2.01. The Bertz CT molecular complexity index is 783. The van der Waals surface area contributed by atoms with E-state index in [0.29, 0.717) is 23.2 Å². The zero-order valence-corrected chi connectivity index (χ0v) is 12.3. The van der Waals surface area contributed by atoms with Gasteiger partial charge in [-0.05, 0) is 48.4 Å². The number of nitrogens with zero attached hydrogens (tertiary/aromatic N) is 2. The van der Waals surface area contributed by atoms with Crippen molar-refractivity contribution in [1.82, 2.24) is 10.1 Å². The van der Waals surface area contributed by atoms with E-state index in [-0.39, 0.29) is 0 Å². The van der Waals surface area contributed by atoms with Gasteiger partial charge in [0.05, 0.1) is 0 Å². The summed E-state index contributed by atoms with van der Waals surface area (Å²) in [5, 5.41) is 4.72. The summed E-state index contributed by atoms with van der Waals surface area (Å²) in [6, 6.07) is 13.2. The molecule has 0 radical (unpaired) electrons. The molecule has 0 amide bonds. The van der Waals surface area contributed by atoms with Crippen molar-refractivity contribution >= 4 is 17.3 Å². The van der Waals surface area contributed by atoms with E-state index < -0.39 is 0 Å². The molecular formula is C16H14ClN3O. The minimum Gasteiger partial charge on any atom is -0.399 e. The summed E-state index contributed by atoms with van der Waals surface area (Å²) >= 11 is 5.97. The molecule has 1 aromatic heterocycles. The molecule has 0 saturated heterocycles. The Morgan fingerprint density at radius 3 is 2.81 bits per heavy atom. The van der Waals surface area contributed by atoms with Crippen LogP contribution in [0.1, 0.15) is 17.0 Å². The standard InChI is InChI=1S/C16H14ClN3O/c1-10-7-13(18)5-6-14(10)16-19-15(20-21-16)9-11-3-2-4-12(17)8-11/h2-8H,9,18H2,1H3. The molecule has 2 aromatic carbocycles. The van der Waals surface area contributed by atoms with Gasteiger partial charge in [0.1, 0.15) is 0 Å². The number of anilines is 1. The van der Waals surface area contributed by atoms with Crippen LogP contribution in [0.3, 0.4) is 0 Å². The highest BCUT2D eigenvalue weighted by molar-refractivity contribution is 6.30. The zero-order valence-electron chi connectivity index (χ0n) is 11.5. The van der Waals surface area contributed by atoms with Crippen LogP contribution >= 0.6 is 11.6 Å². The van der Waals surface area contributed by atoms with E-state index in [1.54, 1.807) is 0 Å². The lowest BCUT2D eigenvalue weighted by atomic mass is 10.1. The minimum absolute atomic E-state index is 0.504. The van der Waals surface area contributed by atoms with Crippen LogP contribution < -0.4 is 5.73 Å². The average molecular weight is 300 g/mol. The van der Waals surface area contributed by atoms with Crippen LogP contribution in [0, 0.1) is 6.92 Å². The second-order valence-electron chi connectivity index (χ2n) is 4.90. The van der Waals surface area contributed by atoms with Gasteiger partial charge in [-0.1, -0.05) is 28.9 Å². The molecule has 0 saturated carbocycles. The third kappa shape index (κ3) is 3.06. The smallest absolute Gasteiger partial charge is 0.258 e. The Morgan fingerprint density at radius 1 is 1.19 bits per heavy atom. The van der Waals surface area contributed by atoms with Crippen molar-refractivity contribution in [2.45, 2.75) is 13.3 Å². The number of nitrogen functional groups attached to an aromatic ring is 1. The summed E-state index contributed by atoms with van der Waals surface area (Å²) in [5.74, 6) is 1.13. The number of rotatable bonds is 3. The summed E-state index contributed by atoms with van der Waals surface area (Å²) in [5.41, 5.74) is 9.42. The summed E-state index contributed by atoms with van der Waals surface area (Å²) in [6.07, 6.45) is 0.581. The lowest BCUT2D eigenvalue weighted by molar-refractivity contribution is 0.423. The first kappa shape index (κ1) is 13.6. The van der Waals surface area contributed by atoms with E-state index in [4.69, 9.17) is 21.9 Å². The number of nitrogens with two attached hydrogens (primary N) is 1. The van der Waals surface area contributed by atoms with Gasteiger partial charge in [0.15, 0.2) is 5.82 Å². The first-order chi connectivity index (χ1) is 10.1. The van der Waals surface area contributed by atoms with Crippen LogP contribution in [-0.2, 0) is 6.42 Å². The third-order valence-corrected chi connectivity index (χ3v) is 3.44. The molecule has 0 atom stereocenters. The minimum atomic E-state index is 0.504. The van der Waals surface area contributed by atoms with Crippen LogP contribution in [-0.4, -0.2) is 10.1 Å². The highest BCUT2D eigenvalue weighted by Crippen LogP contribution is 2.24. The van der Waals surface area contributed by atoms with Crippen LogP contribution in [0.2, 0.25) is 5.02 Å². The van der Waals surface area contributed by atoms with E-state index in [1.165, 1.54) is 0 Å². The van der Waals surface area contributed by atoms with Gasteiger partial charge in [-0.3, -0.25) is 0 Å². The molecule has 0 unspecified atom stereocenters. The van der Waals surface area contributed by atoms with Crippen molar-refractivity contribution in [3.8, 4) is 11.5 Å². The maximum absolute atomic E-state index is 5.97. The van der Waals surface area contributed by atoms with Crippen LogP contribution in [0.15, 0.2) is 47.0 Å². The lowest BCUT2D eigenvalue weighted by Crippen LogP contribution is -1.91. The van der Waals surface area contributed by atoms with Crippen molar-refractivity contribution in [1.29, 1.82) is 0 Å². The van der Waals surface area contributed by atoms with Gasteiger partial charge in [-0.15, -0.1) is 0 Å². The van der Waals surface area contributed by atoms with Gasteiger partial charge in [0.25, 0.3) is 5.89 Å². The van der Waals surface area contributed by atoms with Crippen molar-refractivity contribution < 1.29 is 4.52 Å². The SMILES string of the molecule is Cc1cc(N)ccc1-c1nc(Cc2cccc(Cl)c2)no1. The summed E-state index contributed by atoms with van der Waals surface area (Å²) < 4.78 is 5.34. The molecule has 0 aliphatic heterocycles. The Hall–Kier alpha value is -2.33. The van der Waals surface area contributed by atoms with Crippen molar-refractivity contribution in [3.05, 3.63) is 64.4 Å².